The van der Waals surface area contributed by atoms with Gasteiger partial charge in [0.15, 0.2) is 0 Å². The summed E-state index contributed by atoms with van der Waals surface area (Å²) in [7, 11) is 4.03. The van der Waals surface area contributed by atoms with Crippen LogP contribution in [0.1, 0.15) is 24.4 Å². The average molecular weight is 395 g/mol. The first kappa shape index (κ1) is 20.9. The Kier molecular flexibility index (Phi) is 7.25. The zero-order valence-corrected chi connectivity index (χ0v) is 17.2. The number of hydrogen-bond acceptors (Lipinski definition) is 3. The Labute approximate surface area is 172 Å². The summed E-state index contributed by atoms with van der Waals surface area (Å²) in [6.45, 7) is 1.73. The minimum absolute atomic E-state index is 0.0352. The van der Waals surface area contributed by atoms with Gasteiger partial charge in [-0.25, -0.2) is 4.79 Å². The van der Waals surface area contributed by atoms with Crippen LogP contribution < -0.4 is 10.6 Å². The summed E-state index contributed by atoms with van der Waals surface area (Å²) >= 11 is 0. The van der Waals surface area contributed by atoms with E-state index in [1.54, 1.807) is 0 Å². The molecule has 1 fully saturated rings. The summed E-state index contributed by atoms with van der Waals surface area (Å²) in [5.41, 5.74) is 1.99. The van der Waals surface area contributed by atoms with Crippen LogP contribution in [0.3, 0.4) is 0 Å². The van der Waals surface area contributed by atoms with E-state index in [9.17, 15) is 9.59 Å². The molecule has 0 saturated carbocycles. The SMILES string of the molecule is CN(C)C(CNC(=O)N1CCC(C(=O)Nc2ccccc2)CC1)c1ccccc1. The van der Waals surface area contributed by atoms with Crippen molar-refractivity contribution >= 4 is 17.6 Å². The lowest BCUT2D eigenvalue weighted by molar-refractivity contribution is -0.121. The Hall–Kier alpha value is -2.86. The second kappa shape index (κ2) is 10.1. The topological polar surface area (TPSA) is 64.7 Å². The number of urea groups is 1. The van der Waals surface area contributed by atoms with Crippen molar-refractivity contribution in [2.75, 3.05) is 39.0 Å². The molecule has 1 saturated heterocycles. The number of likely N-dealkylation sites (tertiary alicyclic amines) is 1. The molecule has 0 spiro atoms. The third-order valence-corrected chi connectivity index (χ3v) is 5.45. The van der Waals surface area contributed by atoms with Crippen LogP contribution in [0.5, 0.6) is 0 Å². The molecule has 2 N–H and O–H groups in total. The summed E-state index contributed by atoms with van der Waals surface area (Å²) in [5.74, 6) is -0.0221. The van der Waals surface area contributed by atoms with E-state index in [4.69, 9.17) is 0 Å². The lowest BCUT2D eigenvalue weighted by Gasteiger charge is -2.32. The van der Waals surface area contributed by atoms with Crippen molar-refractivity contribution in [3.8, 4) is 0 Å². The number of carbonyl (C=O) groups excluding carboxylic acids is 2. The first-order valence-corrected chi connectivity index (χ1v) is 10.1. The van der Waals surface area contributed by atoms with Crippen LogP contribution in [0.4, 0.5) is 10.5 Å². The quantitative estimate of drug-likeness (QED) is 0.790. The van der Waals surface area contributed by atoms with Crippen molar-refractivity contribution in [3.63, 3.8) is 0 Å². The Bertz CT molecular complexity index is 787. The highest BCUT2D eigenvalue weighted by Gasteiger charge is 2.27. The fourth-order valence-corrected chi connectivity index (χ4v) is 3.68. The third-order valence-electron chi connectivity index (χ3n) is 5.45. The van der Waals surface area contributed by atoms with Gasteiger partial charge in [-0.05, 0) is 44.6 Å². The van der Waals surface area contributed by atoms with Gasteiger partial charge in [0.25, 0.3) is 0 Å². The minimum atomic E-state index is -0.0605. The number of rotatable bonds is 6. The number of likely N-dealkylation sites (N-methyl/N-ethyl adjacent to an activating group) is 1. The highest BCUT2D eigenvalue weighted by Crippen LogP contribution is 2.20. The molecule has 1 unspecified atom stereocenters. The van der Waals surface area contributed by atoms with Gasteiger partial charge in [0, 0.05) is 31.2 Å². The Balaban J connectivity index is 1.46. The summed E-state index contributed by atoms with van der Waals surface area (Å²) in [6, 6.07) is 19.7. The zero-order valence-electron chi connectivity index (χ0n) is 17.2. The average Bonchev–Trinajstić information content (AvgIpc) is 2.75. The number of nitrogens with one attached hydrogen (secondary N) is 2. The molecule has 0 aromatic heterocycles. The van der Waals surface area contributed by atoms with Crippen LogP contribution in [-0.2, 0) is 4.79 Å². The summed E-state index contributed by atoms with van der Waals surface area (Å²) in [6.07, 6.45) is 1.36. The van der Waals surface area contributed by atoms with Gasteiger partial charge < -0.3 is 20.4 Å². The highest BCUT2D eigenvalue weighted by molar-refractivity contribution is 5.92. The molecule has 1 aliphatic heterocycles. The monoisotopic (exact) mass is 394 g/mol. The second-order valence-corrected chi connectivity index (χ2v) is 7.69. The molecule has 0 radical (unpaired) electrons. The van der Waals surface area contributed by atoms with Crippen LogP contribution in [-0.4, -0.2) is 55.5 Å². The van der Waals surface area contributed by atoms with Crippen LogP contribution in [0.25, 0.3) is 0 Å². The lowest BCUT2D eigenvalue weighted by Crippen LogP contribution is -2.47. The Morgan fingerprint density at radius 2 is 1.59 bits per heavy atom. The van der Waals surface area contributed by atoms with E-state index in [0.717, 1.165) is 5.69 Å². The molecule has 0 aliphatic carbocycles. The van der Waals surface area contributed by atoms with Gasteiger partial charge in [0.05, 0.1) is 6.04 Å². The fourth-order valence-electron chi connectivity index (χ4n) is 3.68. The molecule has 6 nitrogen and oxygen atoms in total. The van der Waals surface area contributed by atoms with Crippen molar-refractivity contribution in [3.05, 3.63) is 66.2 Å². The number of nitrogens with zero attached hydrogens (tertiary/aromatic N) is 2. The van der Waals surface area contributed by atoms with Crippen molar-refractivity contribution in [2.45, 2.75) is 18.9 Å². The number of piperidine rings is 1. The highest BCUT2D eigenvalue weighted by atomic mass is 16.2. The number of anilines is 1. The maximum atomic E-state index is 12.6. The third kappa shape index (κ3) is 5.81. The maximum Gasteiger partial charge on any atom is 0.317 e. The van der Waals surface area contributed by atoms with Gasteiger partial charge in [0.2, 0.25) is 5.91 Å². The molecule has 1 aliphatic rings. The standard InChI is InChI=1S/C23H30N4O2/c1-26(2)21(18-9-5-3-6-10-18)17-24-23(29)27-15-13-19(14-16-27)22(28)25-20-11-7-4-8-12-20/h3-12,19,21H,13-17H2,1-2H3,(H,24,29)(H,25,28). The van der Waals surface area contributed by atoms with Crippen LogP contribution in [0.15, 0.2) is 60.7 Å². The van der Waals surface area contributed by atoms with Crippen molar-refractivity contribution in [1.29, 1.82) is 0 Å². The molecule has 0 bridgehead atoms. The van der Waals surface area contributed by atoms with E-state index in [-0.39, 0.29) is 23.9 Å². The Morgan fingerprint density at radius 3 is 2.17 bits per heavy atom. The molecular formula is C23H30N4O2. The summed E-state index contributed by atoms with van der Waals surface area (Å²) in [4.78, 5) is 29.0. The molecular weight excluding hydrogens is 364 g/mol. The predicted molar refractivity (Wildman–Crippen MR) is 116 cm³/mol. The number of carbonyl (C=O) groups is 2. The second-order valence-electron chi connectivity index (χ2n) is 7.69. The van der Waals surface area contributed by atoms with E-state index in [1.807, 2.05) is 67.5 Å². The molecule has 29 heavy (non-hydrogen) atoms. The minimum Gasteiger partial charge on any atom is -0.336 e. The number of benzene rings is 2. The van der Waals surface area contributed by atoms with E-state index in [1.165, 1.54) is 5.56 Å². The van der Waals surface area contributed by atoms with E-state index in [0.29, 0.717) is 32.5 Å². The molecule has 2 aromatic rings. The van der Waals surface area contributed by atoms with Crippen LogP contribution in [0.2, 0.25) is 0 Å². The normalized spacial score (nSPS) is 15.8. The first-order valence-electron chi connectivity index (χ1n) is 10.1. The molecule has 6 heteroatoms. The molecule has 3 amide bonds. The molecule has 154 valence electrons. The van der Waals surface area contributed by atoms with Crippen molar-refractivity contribution < 1.29 is 9.59 Å². The van der Waals surface area contributed by atoms with Gasteiger partial charge >= 0.3 is 6.03 Å². The lowest BCUT2D eigenvalue weighted by atomic mass is 9.96. The molecule has 1 atom stereocenters. The van der Waals surface area contributed by atoms with Crippen molar-refractivity contribution in [2.24, 2.45) is 5.92 Å². The van der Waals surface area contributed by atoms with Gasteiger partial charge in [0.1, 0.15) is 0 Å². The number of para-hydroxylation sites is 1. The number of amides is 3. The zero-order chi connectivity index (χ0) is 20.6. The van der Waals surface area contributed by atoms with Crippen LogP contribution in [0, 0.1) is 5.92 Å². The predicted octanol–water partition coefficient (Wildman–Crippen LogP) is 3.35. The van der Waals surface area contributed by atoms with E-state index >= 15 is 0 Å². The van der Waals surface area contributed by atoms with Gasteiger partial charge in [-0.3, -0.25) is 4.79 Å². The molecule has 1 heterocycles. The largest absolute Gasteiger partial charge is 0.336 e. The van der Waals surface area contributed by atoms with Gasteiger partial charge in [-0.2, -0.15) is 0 Å². The van der Waals surface area contributed by atoms with Gasteiger partial charge in [-0.15, -0.1) is 0 Å². The molecule has 2 aromatic carbocycles. The number of hydrogen-bond donors (Lipinski definition) is 2. The summed E-state index contributed by atoms with van der Waals surface area (Å²) in [5, 5.41) is 6.02. The first-order chi connectivity index (χ1) is 14.0. The molecule has 3 rings (SSSR count). The fraction of sp³-hybridized carbons (Fsp3) is 0.391. The van der Waals surface area contributed by atoms with Crippen LogP contribution >= 0.6 is 0 Å². The van der Waals surface area contributed by atoms with Crippen molar-refractivity contribution in [1.82, 2.24) is 15.1 Å². The summed E-state index contributed by atoms with van der Waals surface area (Å²) < 4.78 is 0. The van der Waals surface area contributed by atoms with Gasteiger partial charge in [-0.1, -0.05) is 48.5 Å². The van der Waals surface area contributed by atoms with E-state index in [2.05, 4.69) is 27.7 Å². The Morgan fingerprint density at radius 1 is 1.00 bits per heavy atom. The maximum absolute atomic E-state index is 12.6. The van der Waals surface area contributed by atoms with E-state index < -0.39 is 0 Å². The smallest absolute Gasteiger partial charge is 0.317 e.